The number of likely N-dealkylation sites (N-methyl/N-ethyl adjacent to an activating group) is 1. The number of nitrogens with one attached hydrogen (secondary N) is 2. The number of imidazole rings is 1. The first-order chi connectivity index (χ1) is 10.7. The second kappa shape index (κ2) is 6.19. The van der Waals surface area contributed by atoms with Gasteiger partial charge in [-0.2, -0.15) is 0 Å². The lowest BCUT2D eigenvalue weighted by Crippen LogP contribution is -2.42. The lowest BCUT2D eigenvalue weighted by atomic mass is 10.2. The van der Waals surface area contributed by atoms with Crippen molar-refractivity contribution in [3.05, 3.63) is 36.2 Å². The van der Waals surface area contributed by atoms with Crippen LogP contribution >= 0.6 is 0 Å². The fourth-order valence-corrected chi connectivity index (χ4v) is 2.54. The second-order valence-corrected chi connectivity index (χ2v) is 5.39. The molecule has 6 heteroatoms. The van der Waals surface area contributed by atoms with E-state index in [1.807, 2.05) is 37.4 Å². The first-order valence-electron chi connectivity index (χ1n) is 7.35. The standard InChI is InChI=1S/C16H20N4O2/c1-20(16(21)13-4-3-8-17-13)9-7-15-18-12-6-5-11(22-2)10-14(12)19-15/h3-6,10,13,17H,7-9H2,1-2H3,(H,18,19). The number of amides is 1. The molecule has 2 heterocycles. The minimum atomic E-state index is -0.190. The van der Waals surface area contributed by atoms with E-state index in [1.54, 1.807) is 12.0 Å². The van der Waals surface area contributed by atoms with Crippen molar-refractivity contribution in [1.82, 2.24) is 20.2 Å². The monoisotopic (exact) mass is 300 g/mol. The van der Waals surface area contributed by atoms with Gasteiger partial charge in [0.2, 0.25) is 5.91 Å². The van der Waals surface area contributed by atoms with Gasteiger partial charge in [0, 0.05) is 32.6 Å². The smallest absolute Gasteiger partial charge is 0.243 e. The number of carbonyl (C=O) groups excluding carboxylic acids is 1. The number of fused-ring (bicyclic) bond motifs is 1. The number of ether oxygens (including phenoxy) is 1. The lowest BCUT2D eigenvalue weighted by molar-refractivity contribution is -0.130. The minimum Gasteiger partial charge on any atom is -0.497 e. The van der Waals surface area contributed by atoms with E-state index in [4.69, 9.17) is 4.74 Å². The molecule has 3 rings (SSSR count). The van der Waals surface area contributed by atoms with Crippen LogP contribution in [0.15, 0.2) is 30.4 Å². The summed E-state index contributed by atoms with van der Waals surface area (Å²) in [6.45, 7) is 1.39. The van der Waals surface area contributed by atoms with Gasteiger partial charge in [0.1, 0.15) is 17.6 Å². The highest BCUT2D eigenvalue weighted by molar-refractivity contribution is 5.84. The summed E-state index contributed by atoms with van der Waals surface area (Å²) in [5.41, 5.74) is 1.86. The van der Waals surface area contributed by atoms with Crippen LogP contribution < -0.4 is 10.1 Å². The normalized spacial score (nSPS) is 17.1. The maximum atomic E-state index is 12.2. The minimum absolute atomic E-state index is 0.0894. The van der Waals surface area contributed by atoms with Gasteiger partial charge in [-0.1, -0.05) is 12.2 Å². The average molecular weight is 300 g/mol. The fourth-order valence-electron chi connectivity index (χ4n) is 2.54. The Labute approximate surface area is 129 Å². The third-order valence-electron chi connectivity index (χ3n) is 3.85. The number of hydrogen-bond acceptors (Lipinski definition) is 4. The Bertz CT molecular complexity index is 707. The highest BCUT2D eigenvalue weighted by atomic mass is 16.5. The van der Waals surface area contributed by atoms with Crippen LogP contribution in [0.2, 0.25) is 0 Å². The molecule has 0 spiro atoms. The zero-order chi connectivity index (χ0) is 15.5. The van der Waals surface area contributed by atoms with Crippen LogP contribution in [0, 0.1) is 0 Å². The summed E-state index contributed by atoms with van der Waals surface area (Å²) in [5.74, 6) is 1.76. The van der Waals surface area contributed by atoms with E-state index in [0.717, 1.165) is 29.2 Å². The molecule has 0 bridgehead atoms. The van der Waals surface area contributed by atoms with Crippen LogP contribution in [-0.4, -0.2) is 54.1 Å². The molecule has 0 saturated carbocycles. The van der Waals surface area contributed by atoms with Crippen molar-refractivity contribution in [2.75, 3.05) is 27.2 Å². The average Bonchev–Trinajstić information content (AvgIpc) is 3.19. The SMILES string of the molecule is COc1ccc2nc(CCN(C)C(=O)C3C=CCN3)[nH]c2c1. The zero-order valence-electron chi connectivity index (χ0n) is 12.8. The number of aromatic nitrogens is 2. The maximum Gasteiger partial charge on any atom is 0.243 e. The summed E-state index contributed by atoms with van der Waals surface area (Å²) in [4.78, 5) is 21.7. The molecule has 1 aromatic carbocycles. The number of methoxy groups -OCH3 is 1. The molecule has 1 aliphatic heterocycles. The number of rotatable bonds is 5. The van der Waals surface area contributed by atoms with Gasteiger partial charge in [-0.25, -0.2) is 4.98 Å². The molecule has 1 atom stereocenters. The lowest BCUT2D eigenvalue weighted by Gasteiger charge is -2.20. The van der Waals surface area contributed by atoms with Crippen LogP contribution in [0.25, 0.3) is 11.0 Å². The molecule has 6 nitrogen and oxygen atoms in total. The van der Waals surface area contributed by atoms with Gasteiger partial charge >= 0.3 is 0 Å². The third-order valence-corrected chi connectivity index (χ3v) is 3.85. The largest absolute Gasteiger partial charge is 0.497 e. The second-order valence-electron chi connectivity index (χ2n) is 5.39. The van der Waals surface area contributed by atoms with Gasteiger partial charge in [0.15, 0.2) is 0 Å². The summed E-state index contributed by atoms with van der Waals surface area (Å²) in [6, 6.07) is 5.55. The highest BCUT2D eigenvalue weighted by Crippen LogP contribution is 2.18. The Hall–Kier alpha value is -2.34. The van der Waals surface area contributed by atoms with Crippen molar-refractivity contribution < 1.29 is 9.53 Å². The molecule has 0 fully saturated rings. The number of benzene rings is 1. The van der Waals surface area contributed by atoms with Gasteiger partial charge in [-0.15, -0.1) is 0 Å². The maximum absolute atomic E-state index is 12.2. The summed E-state index contributed by atoms with van der Waals surface area (Å²) in [5, 5.41) is 3.13. The Balaban J connectivity index is 1.63. The molecular weight excluding hydrogens is 280 g/mol. The molecular formula is C16H20N4O2. The van der Waals surface area contributed by atoms with Crippen molar-refractivity contribution in [1.29, 1.82) is 0 Å². The van der Waals surface area contributed by atoms with Gasteiger partial charge in [0.05, 0.1) is 18.1 Å². The first kappa shape index (κ1) is 14.6. The van der Waals surface area contributed by atoms with Crippen LogP contribution in [0.4, 0.5) is 0 Å². The molecule has 22 heavy (non-hydrogen) atoms. The Morgan fingerprint density at radius 2 is 2.36 bits per heavy atom. The number of aromatic amines is 1. The Kier molecular flexibility index (Phi) is 4.11. The van der Waals surface area contributed by atoms with Gasteiger partial charge in [-0.05, 0) is 12.1 Å². The van der Waals surface area contributed by atoms with Gasteiger partial charge in [0.25, 0.3) is 0 Å². The predicted octanol–water partition coefficient (Wildman–Crippen LogP) is 1.10. The summed E-state index contributed by atoms with van der Waals surface area (Å²) < 4.78 is 5.20. The van der Waals surface area contributed by atoms with E-state index in [9.17, 15) is 4.79 Å². The van der Waals surface area contributed by atoms with Crippen LogP contribution in [-0.2, 0) is 11.2 Å². The molecule has 2 aromatic rings. The van der Waals surface area contributed by atoms with Crippen molar-refractivity contribution in [3.63, 3.8) is 0 Å². The van der Waals surface area contributed by atoms with Crippen molar-refractivity contribution in [2.24, 2.45) is 0 Å². The topological polar surface area (TPSA) is 70.2 Å². The predicted molar refractivity (Wildman–Crippen MR) is 84.9 cm³/mol. The van der Waals surface area contributed by atoms with E-state index in [-0.39, 0.29) is 11.9 Å². The Morgan fingerprint density at radius 3 is 3.09 bits per heavy atom. The van der Waals surface area contributed by atoms with Crippen molar-refractivity contribution in [2.45, 2.75) is 12.5 Å². The number of H-pyrrole nitrogens is 1. The molecule has 1 unspecified atom stereocenters. The molecule has 1 aromatic heterocycles. The fraction of sp³-hybridized carbons (Fsp3) is 0.375. The summed E-state index contributed by atoms with van der Waals surface area (Å²) in [6.07, 6.45) is 4.57. The molecule has 1 aliphatic rings. The number of carbonyl (C=O) groups is 1. The van der Waals surface area contributed by atoms with Crippen LogP contribution in [0.3, 0.4) is 0 Å². The van der Waals surface area contributed by atoms with E-state index in [1.165, 1.54) is 0 Å². The van der Waals surface area contributed by atoms with Crippen molar-refractivity contribution >= 4 is 16.9 Å². The van der Waals surface area contributed by atoms with Gasteiger partial charge < -0.3 is 14.6 Å². The Morgan fingerprint density at radius 1 is 1.50 bits per heavy atom. The van der Waals surface area contributed by atoms with E-state index >= 15 is 0 Å². The first-order valence-corrected chi connectivity index (χ1v) is 7.35. The molecule has 0 saturated heterocycles. The van der Waals surface area contributed by atoms with E-state index in [2.05, 4.69) is 15.3 Å². The number of hydrogen-bond donors (Lipinski definition) is 2. The molecule has 2 N–H and O–H groups in total. The summed E-state index contributed by atoms with van der Waals surface area (Å²) >= 11 is 0. The molecule has 0 aliphatic carbocycles. The van der Waals surface area contributed by atoms with E-state index < -0.39 is 0 Å². The summed E-state index contributed by atoms with van der Waals surface area (Å²) in [7, 11) is 3.46. The number of nitrogens with zero attached hydrogens (tertiary/aromatic N) is 2. The van der Waals surface area contributed by atoms with Crippen LogP contribution in [0.1, 0.15) is 5.82 Å². The quantitative estimate of drug-likeness (QED) is 0.811. The van der Waals surface area contributed by atoms with Gasteiger partial charge in [-0.3, -0.25) is 10.1 Å². The third kappa shape index (κ3) is 2.96. The highest BCUT2D eigenvalue weighted by Gasteiger charge is 2.21. The molecule has 0 radical (unpaired) electrons. The van der Waals surface area contributed by atoms with Crippen molar-refractivity contribution in [3.8, 4) is 5.75 Å². The van der Waals surface area contributed by atoms with E-state index in [0.29, 0.717) is 13.0 Å². The zero-order valence-corrected chi connectivity index (χ0v) is 12.8. The molecule has 1 amide bonds. The molecule has 116 valence electrons. The van der Waals surface area contributed by atoms with Crippen LogP contribution in [0.5, 0.6) is 5.75 Å².